The number of carbonyl (C=O) groups excluding carboxylic acids is 1. The van der Waals surface area contributed by atoms with E-state index < -0.39 is 0 Å². The molecule has 17 heavy (non-hydrogen) atoms. The van der Waals surface area contributed by atoms with Gasteiger partial charge in [0, 0.05) is 5.56 Å². The summed E-state index contributed by atoms with van der Waals surface area (Å²) < 4.78 is 7.30. The Kier molecular flexibility index (Phi) is 7.23. The molecule has 0 amide bonds. The van der Waals surface area contributed by atoms with Crippen molar-refractivity contribution in [3.05, 3.63) is 26.6 Å². The third kappa shape index (κ3) is 5.02. The van der Waals surface area contributed by atoms with E-state index in [-0.39, 0.29) is 0 Å². The minimum absolute atomic E-state index is 0.623. The molecule has 2 nitrogen and oxygen atoms in total. The number of hydrogen-bond acceptors (Lipinski definition) is 3. The van der Waals surface area contributed by atoms with E-state index in [9.17, 15) is 4.79 Å². The van der Waals surface area contributed by atoms with Gasteiger partial charge in [-0.3, -0.25) is 4.79 Å². The maximum absolute atomic E-state index is 10.7. The Bertz CT molecular complexity index is 360. The Balaban J connectivity index is 2.56. The van der Waals surface area contributed by atoms with Crippen molar-refractivity contribution < 1.29 is 9.53 Å². The van der Waals surface area contributed by atoms with Gasteiger partial charge in [0.1, 0.15) is 12.0 Å². The Labute approximate surface area is 123 Å². The van der Waals surface area contributed by atoms with E-state index in [1.54, 1.807) is 12.1 Å². The van der Waals surface area contributed by atoms with Crippen LogP contribution in [0.2, 0.25) is 0 Å². The molecule has 94 valence electrons. The van der Waals surface area contributed by atoms with Crippen LogP contribution >= 0.6 is 43.6 Å². The van der Waals surface area contributed by atoms with Crippen molar-refractivity contribution in [1.82, 2.24) is 0 Å². The summed E-state index contributed by atoms with van der Waals surface area (Å²) in [5.74, 6) is 3.01. The molecule has 0 spiro atoms. The van der Waals surface area contributed by atoms with Gasteiger partial charge in [0.15, 0.2) is 0 Å². The second kappa shape index (κ2) is 8.16. The van der Waals surface area contributed by atoms with Crippen molar-refractivity contribution in [1.29, 1.82) is 0 Å². The maximum Gasteiger partial charge on any atom is 0.150 e. The van der Waals surface area contributed by atoms with E-state index in [0.717, 1.165) is 38.9 Å². The van der Waals surface area contributed by atoms with E-state index >= 15 is 0 Å². The van der Waals surface area contributed by atoms with Gasteiger partial charge in [-0.15, -0.1) is 0 Å². The standard InChI is InChI=1S/C12H14Br2O2S/c1-2-17-5-3-4-16-12-10(13)6-9(8-15)7-11(12)14/h6-8H,2-5H2,1H3. The number of ether oxygens (including phenoxy) is 1. The van der Waals surface area contributed by atoms with E-state index in [1.807, 2.05) is 11.8 Å². The zero-order chi connectivity index (χ0) is 12.7. The first-order valence-electron chi connectivity index (χ1n) is 5.33. The molecule has 0 heterocycles. The van der Waals surface area contributed by atoms with Crippen LogP contribution < -0.4 is 4.74 Å². The summed E-state index contributed by atoms with van der Waals surface area (Å²) in [4.78, 5) is 10.7. The number of halogens is 2. The molecule has 1 rings (SSSR count). The zero-order valence-electron chi connectivity index (χ0n) is 9.54. The van der Waals surface area contributed by atoms with Crippen molar-refractivity contribution in [3.8, 4) is 5.75 Å². The fourth-order valence-electron chi connectivity index (χ4n) is 1.26. The molecule has 0 aliphatic rings. The molecule has 0 saturated carbocycles. The highest BCUT2D eigenvalue weighted by molar-refractivity contribution is 9.11. The molecule has 0 aliphatic heterocycles. The second-order valence-electron chi connectivity index (χ2n) is 3.33. The van der Waals surface area contributed by atoms with Gasteiger partial charge in [0.05, 0.1) is 15.6 Å². The topological polar surface area (TPSA) is 26.3 Å². The number of carbonyl (C=O) groups is 1. The largest absolute Gasteiger partial charge is 0.491 e. The van der Waals surface area contributed by atoms with Crippen LogP contribution in [-0.2, 0) is 0 Å². The second-order valence-corrected chi connectivity index (χ2v) is 6.43. The Hall–Kier alpha value is -0.000000000000000111. The fourth-order valence-corrected chi connectivity index (χ4v) is 3.33. The van der Waals surface area contributed by atoms with Crippen LogP contribution in [0.4, 0.5) is 0 Å². The summed E-state index contributed by atoms with van der Waals surface area (Å²) in [5.41, 5.74) is 0.623. The van der Waals surface area contributed by atoms with Crippen molar-refractivity contribution in [2.75, 3.05) is 18.1 Å². The van der Waals surface area contributed by atoms with Crippen molar-refractivity contribution in [3.63, 3.8) is 0 Å². The Morgan fingerprint density at radius 1 is 1.35 bits per heavy atom. The summed E-state index contributed by atoms with van der Waals surface area (Å²) in [6, 6.07) is 3.52. The molecule has 0 aromatic heterocycles. The highest BCUT2D eigenvalue weighted by atomic mass is 79.9. The molecule has 0 saturated heterocycles. The van der Waals surface area contributed by atoms with Gasteiger partial charge in [0.25, 0.3) is 0 Å². The number of hydrogen-bond donors (Lipinski definition) is 0. The van der Waals surface area contributed by atoms with E-state index in [4.69, 9.17) is 4.74 Å². The van der Waals surface area contributed by atoms with Gasteiger partial charge in [0.2, 0.25) is 0 Å². The summed E-state index contributed by atoms with van der Waals surface area (Å²) in [6.07, 6.45) is 1.84. The average Bonchev–Trinajstić information content (AvgIpc) is 2.31. The van der Waals surface area contributed by atoms with Gasteiger partial charge >= 0.3 is 0 Å². The maximum atomic E-state index is 10.7. The Morgan fingerprint density at radius 3 is 2.53 bits per heavy atom. The molecule has 0 N–H and O–H groups in total. The number of aldehydes is 1. The molecule has 0 bridgehead atoms. The van der Waals surface area contributed by atoms with Crippen LogP contribution in [0.25, 0.3) is 0 Å². The molecule has 0 unspecified atom stereocenters. The van der Waals surface area contributed by atoms with E-state index in [0.29, 0.717) is 12.2 Å². The highest BCUT2D eigenvalue weighted by Crippen LogP contribution is 2.34. The molecular formula is C12H14Br2O2S. The average molecular weight is 382 g/mol. The first-order chi connectivity index (χ1) is 8.19. The predicted molar refractivity (Wildman–Crippen MR) is 80.3 cm³/mol. The van der Waals surface area contributed by atoms with Crippen LogP contribution in [0.15, 0.2) is 21.1 Å². The first kappa shape index (κ1) is 15.1. The van der Waals surface area contributed by atoms with Gasteiger partial charge in [-0.1, -0.05) is 6.92 Å². The SMILES string of the molecule is CCSCCCOc1c(Br)cc(C=O)cc1Br. The molecule has 0 fully saturated rings. The smallest absolute Gasteiger partial charge is 0.150 e. The minimum Gasteiger partial charge on any atom is -0.491 e. The predicted octanol–water partition coefficient (Wildman–Crippen LogP) is 4.55. The molecule has 0 radical (unpaired) electrons. The molecule has 1 aromatic carbocycles. The van der Waals surface area contributed by atoms with Crippen LogP contribution in [0, 0.1) is 0 Å². The monoisotopic (exact) mass is 380 g/mol. The normalized spacial score (nSPS) is 10.3. The van der Waals surface area contributed by atoms with Crippen LogP contribution in [0.5, 0.6) is 5.75 Å². The summed E-state index contributed by atoms with van der Waals surface area (Å²) in [6.45, 7) is 2.83. The molecule has 1 aromatic rings. The quantitative estimate of drug-likeness (QED) is 0.512. The van der Waals surface area contributed by atoms with E-state index in [2.05, 4.69) is 38.8 Å². The van der Waals surface area contributed by atoms with Gasteiger partial charge < -0.3 is 4.74 Å². The molecule has 0 atom stereocenters. The summed E-state index contributed by atoms with van der Waals surface area (Å²) in [5, 5.41) is 0. The van der Waals surface area contributed by atoms with Gasteiger partial charge in [-0.2, -0.15) is 11.8 Å². The van der Waals surface area contributed by atoms with Crippen molar-refractivity contribution in [2.24, 2.45) is 0 Å². The third-order valence-electron chi connectivity index (χ3n) is 2.04. The third-order valence-corrected chi connectivity index (χ3v) is 4.20. The fraction of sp³-hybridized carbons (Fsp3) is 0.417. The molecular weight excluding hydrogens is 368 g/mol. The lowest BCUT2D eigenvalue weighted by Crippen LogP contribution is -2.00. The number of thioether (sulfide) groups is 1. The lowest BCUT2D eigenvalue weighted by Gasteiger charge is -2.10. The van der Waals surface area contributed by atoms with Gasteiger partial charge in [-0.25, -0.2) is 0 Å². The van der Waals surface area contributed by atoms with Gasteiger partial charge in [-0.05, 0) is 61.9 Å². The lowest BCUT2D eigenvalue weighted by molar-refractivity contribution is 0.112. The van der Waals surface area contributed by atoms with Crippen LogP contribution in [0.1, 0.15) is 23.7 Å². The number of rotatable bonds is 7. The molecule has 0 aliphatic carbocycles. The number of benzene rings is 1. The minimum atomic E-state index is 0.623. The lowest BCUT2D eigenvalue weighted by atomic mass is 10.2. The summed E-state index contributed by atoms with van der Waals surface area (Å²) >= 11 is 8.71. The van der Waals surface area contributed by atoms with Crippen molar-refractivity contribution in [2.45, 2.75) is 13.3 Å². The van der Waals surface area contributed by atoms with Crippen LogP contribution in [-0.4, -0.2) is 24.4 Å². The van der Waals surface area contributed by atoms with Crippen molar-refractivity contribution >= 4 is 49.9 Å². The highest BCUT2D eigenvalue weighted by Gasteiger charge is 2.08. The van der Waals surface area contributed by atoms with Crippen LogP contribution in [0.3, 0.4) is 0 Å². The zero-order valence-corrected chi connectivity index (χ0v) is 13.5. The van der Waals surface area contributed by atoms with E-state index in [1.165, 1.54) is 0 Å². The summed E-state index contributed by atoms with van der Waals surface area (Å²) in [7, 11) is 0. The molecule has 5 heteroatoms. The first-order valence-corrected chi connectivity index (χ1v) is 8.07. The Morgan fingerprint density at radius 2 is 2.00 bits per heavy atom.